The molecule has 1 aliphatic rings. The lowest BCUT2D eigenvalue weighted by molar-refractivity contribution is -0.138. The summed E-state index contributed by atoms with van der Waals surface area (Å²) in [6, 6.07) is 1.83. The highest BCUT2D eigenvalue weighted by atomic mass is 16.5. The minimum Gasteiger partial charge on any atom is -0.493 e. The summed E-state index contributed by atoms with van der Waals surface area (Å²) in [4.78, 5) is 16.7. The lowest BCUT2D eigenvalue weighted by atomic mass is 9.98. The second-order valence-corrected chi connectivity index (χ2v) is 5.12. The first-order chi connectivity index (χ1) is 11.6. The summed E-state index contributed by atoms with van der Waals surface area (Å²) in [6.45, 7) is 4.38. The van der Waals surface area contributed by atoms with Crippen LogP contribution >= 0.6 is 0 Å². The number of rotatable bonds is 6. The van der Waals surface area contributed by atoms with Crippen LogP contribution in [0, 0.1) is 0 Å². The van der Waals surface area contributed by atoms with Crippen molar-refractivity contribution < 1.29 is 23.7 Å². The molecule has 1 aliphatic heterocycles. The first kappa shape index (κ1) is 17.8. The van der Waals surface area contributed by atoms with Crippen molar-refractivity contribution in [3.8, 4) is 17.2 Å². The first-order valence-corrected chi connectivity index (χ1v) is 7.85. The summed E-state index contributed by atoms with van der Waals surface area (Å²) >= 11 is 0. The van der Waals surface area contributed by atoms with Gasteiger partial charge in [0.05, 0.1) is 40.1 Å². The topological polar surface area (TPSA) is 66.4 Å². The van der Waals surface area contributed by atoms with E-state index in [0.717, 1.165) is 16.8 Å². The smallest absolute Gasteiger partial charge is 0.335 e. The number of nitrogens with zero attached hydrogens (tertiary/aromatic N) is 1. The molecule has 0 saturated carbocycles. The zero-order valence-corrected chi connectivity index (χ0v) is 14.8. The summed E-state index contributed by atoms with van der Waals surface area (Å²) in [5.74, 6) is 1.23. The van der Waals surface area contributed by atoms with Crippen LogP contribution in [0.3, 0.4) is 0 Å². The summed E-state index contributed by atoms with van der Waals surface area (Å²) in [5, 5.41) is 0. The minimum atomic E-state index is -0.363. The number of carbonyl (C=O) groups excluding carboxylic acids is 1. The molecule has 6 heteroatoms. The zero-order valence-electron chi connectivity index (χ0n) is 14.8. The van der Waals surface area contributed by atoms with E-state index in [1.807, 2.05) is 13.0 Å². The Hall–Kier alpha value is -2.50. The average molecular weight is 333 g/mol. The van der Waals surface area contributed by atoms with Gasteiger partial charge in [0.2, 0.25) is 5.75 Å². The highest BCUT2D eigenvalue weighted by Crippen LogP contribution is 2.43. The molecule has 1 aromatic rings. The maximum absolute atomic E-state index is 12.1. The summed E-state index contributed by atoms with van der Waals surface area (Å²) in [6.07, 6.45) is 2.48. The molecule has 2 rings (SSSR count). The van der Waals surface area contributed by atoms with E-state index in [1.54, 1.807) is 34.3 Å². The van der Waals surface area contributed by atoms with Crippen LogP contribution in [0.5, 0.6) is 17.2 Å². The van der Waals surface area contributed by atoms with E-state index in [0.29, 0.717) is 35.8 Å². The predicted octanol–water partition coefficient (Wildman–Crippen LogP) is 2.87. The molecule has 6 nitrogen and oxygen atoms in total. The number of benzene rings is 1. The molecule has 0 aliphatic carbocycles. The van der Waals surface area contributed by atoms with Crippen LogP contribution in [0.25, 0.3) is 6.08 Å². The van der Waals surface area contributed by atoms with E-state index >= 15 is 0 Å². The number of ether oxygens (including phenoxy) is 4. The molecular weight excluding hydrogens is 310 g/mol. The van der Waals surface area contributed by atoms with Gasteiger partial charge in [0.15, 0.2) is 11.5 Å². The van der Waals surface area contributed by atoms with Crippen molar-refractivity contribution in [2.24, 2.45) is 4.99 Å². The normalized spacial score (nSPS) is 13.2. The second-order valence-electron chi connectivity index (χ2n) is 5.12. The van der Waals surface area contributed by atoms with Crippen LogP contribution in [0.2, 0.25) is 0 Å². The van der Waals surface area contributed by atoms with Crippen molar-refractivity contribution in [1.29, 1.82) is 0 Å². The third-order valence-corrected chi connectivity index (χ3v) is 3.79. The van der Waals surface area contributed by atoms with Crippen molar-refractivity contribution in [2.75, 3.05) is 34.5 Å². The van der Waals surface area contributed by atoms with Crippen LogP contribution in [0.4, 0.5) is 0 Å². The number of aliphatic imine (C=N–C) groups is 1. The van der Waals surface area contributed by atoms with Gasteiger partial charge in [0, 0.05) is 11.3 Å². The lowest BCUT2D eigenvalue weighted by Crippen LogP contribution is -2.09. The van der Waals surface area contributed by atoms with E-state index in [9.17, 15) is 4.79 Å². The Balaban J connectivity index is 2.73. The minimum absolute atomic E-state index is 0.268. The summed E-state index contributed by atoms with van der Waals surface area (Å²) in [5.41, 5.74) is 2.96. The molecule has 0 atom stereocenters. The van der Waals surface area contributed by atoms with Gasteiger partial charge >= 0.3 is 5.97 Å². The maximum atomic E-state index is 12.1. The van der Waals surface area contributed by atoms with E-state index in [4.69, 9.17) is 18.9 Å². The Morgan fingerprint density at radius 1 is 1.12 bits per heavy atom. The van der Waals surface area contributed by atoms with Crippen molar-refractivity contribution in [2.45, 2.75) is 20.3 Å². The van der Waals surface area contributed by atoms with Crippen molar-refractivity contribution in [1.82, 2.24) is 0 Å². The molecule has 0 fully saturated rings. The van der Waals surface area contributed by atoms with Crippen LogP contribution < -0.4 is 14.2 Å². The van der Waals surface area contributed by atoms with Gasteiger partial charge in [-0.25, -0.2) is 4.79 Å². The number of hydrogen-bond donors (Lipinski definition) is 0. The number of carbonyl (C=O) groups is 1. The Labute approximate surface area is 142 Å². The molecule has 1 heterocycles. The molecule has 0 unspecified atom stereocenters. The van der Waals surface area contributed by atoms with Crippen LogP contribution in [0.1, 0.15) is 31.4 Å². The van der Waals surface area contributed by atoms with Crippen LogP contribution in [-0.4, -0.2) is 46.2 Å². The molecule has 24 heavy (non-hydrogen) atoms. The van der Waals surface area contributed by atoms with Crippen LogP contribution in [-0.2, 0) is 9.53 Å². The Morgan fingerprint density at radius 2 is 1.83 bits per heavy atom. The summed E-state index contributed by atoms with van der Waals surface area (Å²) in [7, 11) is 4.70. The molecule has 0 aromatic heterocycles. The quantitative estimate of drug-likeness (QED) is 0.749. The van der Waals surface area contributed by atoms with Crippen molar-refractivity contribution in [3.05, 3.63) is 22.8 Å². The number of fused-ring (bicyclic) bond motifs is 1. The van der Waals surface area contributed by atoms with E-state index in [-0.39, 0.29) is 12.5 Å². The van der Waals surface area contributed by atoms with Crippen molar-refractivity contribution >= 4 is 17.8 Å². The van der Waals surface area contributed by atoms with Gasteiger partial charge in [-0.3, -0.25) is 4.99 Å². The Bertz CT molecular complexity index is 691. The highest BCUT2D eigenvalue weighted by Gasteiger charge is 2.25. The molecule has 130 valence electrons. The fourth-order valence-corrected chi connectivity index (χ4v) is 2.72. The predicted molar refractivity (Wildman–Crippen MR) is 92.4 cm³/mol. The first-order valence-electron chi connectivity index (χ1n) is 7.85. The van der Waals surface area contributed by atoms with Gasteiger partial charge < -0.3 is 18.9 Å². The fourth-order valence-electron chi connectivity index (χ4n) is 2.72. The molecular formula is C18H23NO5. The van der Waals surface area contributed by atoms with E-state index < -0.39 is 0 Å². The van der Waals surface area contributed by atoms with Crippen LogP contribution in [0.15, 0.2) is 16.6 Å². The largest absolute Gasteiger partial charge is 0.493 e. The molecule has 0 bridgehead atoms. The number of esters is 1. The third kappa shape index (κ3) is 3.22. The lowest BCUT2D eigenvalue weighted by Gasteiger charge is -2.18. The standard InChI is InChI=1S/C18H23NO5/c1-6-13-15-11(8-12(10-19-13)18(20)24-7-2)9-14(21-3)16(22-4)17(15)23-5/h8-9H,6-7,10H2,1-5H3. The van der Waals surface area contributed by atoms with Gasteiger partial charge in [0.25, 0.3) is 0 Å². The van der Waals surface area contributed by atoms with Gasteiger partial charge in [-0.05, 0) is 31.1 Å². The zero-order chi connectivity index (χ0) is 17.7. The highest BCUT2D eigenvalue weighted by molar-refractivity contribution is 6.09. The number of methoxy groups -OCH3 is 3. The molecule has 0 N–H and O–H groups in total. The Morgan fingerprint density at radius 3 is 2.38 bits per heavy atom. The van der Waals surface area contributed by atoms with E-state index in [1.165, 1.54) is 0 Å². The van der Waals surface area contributed by atoms with Gasteiger partial charge in [-0.15, -0.1) is 0 Å². The molecule has 0 saturated heterocycles. The van der Waals surface area contributed by atoms with Gasteiger partial charge in [-0.1, -0.05) is 6.92 Å². The second kappa shape index (κ2) is 7.86. The number of hydrogen-bond acceptors (Lipinski definition) is 6. The maximum Gasteiger partial charge on any atom is 0.335 e. The fraction of sp³-hybridized carbons (Fsp3) is 0.444. The molecule has 1 aromatic carbocycles. The Kier molecular flexibility index (Phi) is 5.84. The average Bonchev–Trinajstić information content (AvgIpc) is 2.79. The van der Waals surface area contributed by atoms with E-state index in [2.05, 4.69) is 4.99 Å². The molecule has 0 amide bonds. The third-order valence-electron chi connectivity index (χ3n) is 3.79. The van der Waals surface area contributed by atoms with Gasteiger partial charge in [0.1, 0.15) is 0 Å². The summed E-state index contributed by atoms with van der Waals surface area (Å²) < 4.78 is 21.6. The molecule has 0 radical (unpaired) electrons. The SMILES string of the molecule is CCOC(=O)C1=Cc2cc(OC)c(OC)c(OC)c2C(CC)=NC1. The monoisotopic (exact) mass is 333 g/mol. The molecule has 0 spiro atoms. The van der Waals surface area contributed by atoms with Crippen molar-refractivity contribution in [3.63, 3.8) is 0 Å². The van der Waals surface area contributed by atoms with Gasteiger partial charge in [-0.2, -0.15) is 0 Å².